The Morgan fingerprint density at radius 3 is 2.21 bits per heavy atom. The molecule has 0 aliphatic carbocycles. The van der Waals surface area contributed by atoms with Gasteiger partial charge in [0, 0.05) is 24.8 Å². The van der Waals surface area contributed by atoms with Gasteiger partial charge in [0.05, 0.1) is 23.8 Å². The Morgan fingerprint density at radius 2 is 1.64 bits per heavy atom. The first kappa shape index (κ1) is 33.5. The zero-order valence-corrected chi connectivity index (χ0v) is 23.4. The van der Waals surface area contributed by atoms with Crippen LogP contribution in [0.5, 0.6) is 5.75 Å². The SMILES string of the molecule is CCN(CC)C(=O)COc1cccc(Nc2ncc(F)c(Nc3ccccc3NS(C)(=O)=O)n2)c1.O=C(O)C(F)(F)F. The van der Waals surface area contributed by atoms with Crippen LogP contribution in [0, 0.1) is 5.82 Å². The number of rotatable bonds is 11. The maximum absolute atomic E-state index is 14.4. The molecule has 0 saturated heterocycles. The van der Waals surface area contributed by atoms with Gasteiger partial charge in [0.25, 0.3) is 5.91 Å². The van der Waals surface area contributed by atoms with E-state index in [0.29, 0.717) is 30.2 Å². The Bertz CT molecular complexity index is 1490. The molecule has 2 aromatic carbocycles. The molecule has 17 heteroatoms. The van der Waals surface area contributed by atoms with Crippen LogP contribution in [-0.2, 0) is 19.6 Å². The zero-order valence-electron chi connectivity index (χ0n) is 22.6. The number of nitrogens with zero attached hydrogens (tertiary/aromatic N) is 3. The highest BCUT2D eigenvalue weighted by Gasteiger charge is 2.38. The lowest BCUT2D eigenvalue weighted by Gasteiger charge is -2.18. The Balaban J connectivity index is 0.000000782. The maximum atomic E-state index is 14.4. The average molecular weight is 617 g/mol. The number of likely N-dealkylation sites (N-methyl/N-ethyl adjacent to an activating group) is 1. The first-order valence-corrected chi connectivity index (χ1v) is 14.0. The Labute approximate surface area is 238 Å². The molecule has 12 nitrogen and oxygen atoms in total. The molecule has 0 bridgehead atoms. The summed E-state index contributed by atoms with van der Waals surface area (Å²) in [6.45, 7) is 4.92. The molecule has 228 valence electrons. The highest BCUT2D eigenvalue weighted by molar-refractivity contribution is 7.92. The van der Waals surface area contributed by atoms with Crippen molar-refractivity contribution in [2.75, 3.05) is 41.3 Å². The molecule has 0 aliphatic rings. The van der Waals surface area contributed by atoms with Gasteiger partial charge in [0.2, 0.25) is 16.0 Å². The van der Waals surface area contributed by atoms with E-state index in [0.717, 1.165) is 12.5 Å². The van der Waals surface area contributed by atoms with Gasteiger partial charge in [0.1, 0.15) is 5.75 Å². The van der Waals surface area contributed by atoms with E-state index in [9.17, 15) is 30.8 Å². The number of anilines is 5. The third kappa shape index (κ3) is 11.1. The van der Waals surface area contributed by atoms with Crippen molar-refractivity contribution in [3.05, 3.63) is 60.5 Å². The normalized spacial score (nSPS) is 11.0. The van der Waals surface area contributed by atoms with E-state index < -0.39 is 28.0 Å². The van der Waals surface area contributed by atoms with Crippen molar-refractivity contribution < 1.29 is 45.4 Å². The number of carboxylic acid groups (broad SMARTS) is 1. The minimum absolute atomic E-state index is 0.0901. The van der Waals surface area contributed by atoms with Crippen molar-refractivity contribution in [1.82, 2.24) is 14.9 Å². The van der Waals surface area contributed by atoms with Crippen molar-refractivity contribution in [2.24, 2.45) is 0 Å². The molecule has 0 unspecified atom stereocenters. The fourth-order valence-electron chi connectivity index (χ4n) is 3.13. The van der Waals surface area contributed by atoms with Crippen molar-refractivity contribution in [3.63, 3.8) is 0 Å². The van der Waals surface area contributed by atoms with Gasteiger partial charge in [-0.1, -0.05) is 18.2 Å². The monoisotopic (exact) mass is 616 g/mol. The van der Waals surface area contributed by atoms with E-state index in [1.807, 2.05) is 13.8 Å². The van der Waals surface area contributed by atoms with Crippen LogP contribution in [0.4, 0.5) is 46.4 Å². The van der Waals surface area contributed by atoms with Crippen LogP contribution in [0.2, 0.25) is 0 Å². The first-order chi connectivity index (χ1) is 19.6. The number of amides is 1. The lowest BCUT2D eigenvalue weighted by molar-refractivity contribution is -0.192. The summed E-state index contributed by atoms with van der Waals surface area (Å²) in [5.41, 5.74) is 1.12. The van der Waals surface area contributed by atoms with E-state index in [-0.39, 0.29) is 30.0 Å². The Hall–Kier alpha value is -4.67. The number of hydrogen-bond acceptors (Lipinski definition) is 9. The summed E-state index contributed by atoms with van der Waals surface area (Å²) in [6.07, 6.45) is -3.07. The third-order valence-electron chi connectivity index (χ3n) is 5.03. The summed E-state index contributed by atoms with van der Waals surface area (Å²) in [6, 6.07) is 13.3. The van der Waals surface area contributed by atoms with Crippen LogP contribution in [-0.4, -0.2) is 72.4 Å². The second-order valence-electron chi connectivity index (χ2n) is 8.25. The number of halogens is 4. The first-order valence-electron chi connectivity index (χ1n) is 12.1. The van der Waals surface area contributed by atoms with Gasteiger partial charge in [0.15, 0.2) is 18.2 Å². The number of carbonyl (C=O) groups excluding carboxylic acids is 1. The Kier molecular flexibility index (Phi) is 11.8. The van der Waals surface area contributed by atoms with E-state index in [1.165, 1.54) is 6.07 Å². The molecule has 0 saturated carbocycles. The van der Waals surface area contributed by atoms with Crippen LogP contribution >= 0.6 is 0 Å². The Morgan fingerprint density at radius 1 is 1.02 bits per heavy atom. The number of para-hydroxylation sites is 2. The molecular weight excluding hydrogens is 588 g/mol. The highest BCUT2D eigenvalue weighted by Crippen LogP contribution is 2.27. The summed E-state index contributed by atoms with van der Waals surface area (Å²) in [7, 11) is -3.54. The molecule has 0 atom stereocenters. The van der Waals surface area contributed by atoms with E-state index in [2.05, 4.69) is 25.3 Å². The predicted molar refractivity (Wildman–Crippen MR) is 147 cm³/mol. The van der Waals surface area contributed by atoms with Gasteiger partial charge in [-0.05, 0) is 38.1 Å². The van der Waals surface area contributed by atoms with Crippen molar-refractivity contribution >= 4 is 50.7 Å². The van der Waals surface area contributed by atoms with E-state index in [4.69, 9.17) is 14.6 Å². The molecule has 4 N–H and O–H groups in total. The number of aliphatic carboxylic acids is 1. The number of sulfonamides is 1. The molecule has 42 heavy (non-hydrogen) atoms. The van der Waals surface area contributed by atoms with Crippen LogP contribution in [0.1, 0.15) is 13.8 Å². The molecule has 0 radical (unpaired) electrons. The smallest absolute Gasteiger partial charge is 0.484 e. The fraction of sp³-hybridized carbons (Fsp3) is 0.280. The van der Waals surface area contributed by atoms with E-state index in [1.54, 1.807) is 47.4 Å². The quantitative estimate of drug-likeness (QED) is 0.228. The molecule has 3 aromatic rings. The minimum atomic E-state index is -5.08. The lowest BCUT2D eigenvalue weighted by atomic mass is 10.2. The highest BCUT2D eigenvalue weighted by atomic mass is 32.2. The number of hydrogen-bond donors (Lipinski definition) is 4. The minimum Gasteiger partial charge on any atom is -0.484 e. The van der Waals surface area contributed by atoms with Gasteiger partial charge in [-0.25, -0.2) is 22.6 Å². The summed E-state index contributed by atoms with van der Waals surface area (Å²) >= 11 is 0. The largest absolute Gasteiger partial charge is 0.490 e. The molecule has 1 aromatic heterocycles. The van der Waals surface area contributed by atoms with Crippen molar-refractivity contribution in [2.45, 2.75) is 20.0 Å². The van der Waals surface area contributed by atoms with Crippen LogP contribution in [0.3, 0.4) is 0 Å². The van der Waals surface area contributed by atoms with Crippen LogP contribution < -0.4 is 20.1 Å². The molecule has 0 aliphatic heterocycles. The molecule has 1 amide bonds. The van der Waals surface area contributed by atoms with Gasteiger partial charge < -0.3 is 25.4 Å². The number of benzene rings is 2. The van der Waals surface area contributed by atoms with Crippen molar-refractivity contribution in [3.8, 4) is 5.75 Å². The second-order valence-corrected chi connectivity index (χ2v) is 9.99. The van der Waals surface area contributed by atoms with Crippen LogP contribution in [0.25, 0.3) is 0 Å². The molecular formula is C25H28F4N6O6S. The number of carbonyl (C=O) groups is 2. The standard InChI is InChI=1S/C23H27FN6O4S.C2HF3O2/c1-4-30(5-2)21(31)15-34-17-10-8-9-16(13-17)26-23-25-14-18(24)22(28-23)27-19-11-6-7-12-20(19)29-35(3,32)33;3-2(4,5)1(6)7/h6-14,29H,4-5,15H2,1-3H3,(H2,25,26,27,28);(H,6,7). The summed E-state index contributed by atoms with van der Waals surface area (Å²) in [5.74, 6) is -3.18. The summed E-state index contributed by atoms with van der Waals surface area (Å²) in [5, 5.41) is 12.9. The zero-order chi connectivity index (χ0) is 31.5. The molecule has 1 heterocycles. The molecule has 0 fully saturated rings. The van der Waals surface area contributed by atoms with Gasteiger partial charge in [-0.15, -0.1) is 0 Å². The second kappa shape index (κ2) is 14.8. The van der Waals surface area contributed by atoms with Gasteiger partial charge in [-0.2, -0.15) is 18.2 Å². The molecule has 3 rings (SSSR count). The number of nitrogens with one attached hydrogen (secondary N) is 3. The van der Waals surface area contributed by atoms with Crippen molar-refractivity contribution in [1.29, 1.82) is 0 Å². The van der Waals surface area contributed by atoms with Gasteiger partial charge >= 0.3 is 12.1 Å². The summed E-state index contributed by atoms with van der Waals surface area (Å²) in [4.78, 5) is 30.8. The number of alkyl halides is 3. The number of aromatic nitrogens is 2. The molecule has 0 spiro atoms. The lowest BCUT2D eigenvalue weighted by Crippen LogP contribution is -2.34. The fourth-order valence-corrected chi connectivity index (χ4v) is 3.71. The predicted octanol–water partition coefficient (Wildman–Crippen LogP) is 4.35. The third-order valence-corrected chi connectivity index (χ3v) is 5.62. The number of ether oxygens (including phenoxy) is 1. The topological polar surface area (TPSA) is 163 Å². The summed E-state index contributed by atoms with van der Waals surface area (Å²) < 4.78 is 77.4. The average Bonchev–Trinajstić information content (AvgIpc) is 2.90. The van der Waals surface area contributed by atoms with E-state index >= 15 is 0 Å². The van der Waals surface area contributed by atoms with Gasteiger partial charge in [-0.3, -0.25) is 9.52 Å². The maximum Gasteiger partial charge on any atom is 0.490 e. The number of carboxylic acids is 1. The van der Waals surface area contributed by atoms with Crippen LogP contribution in [0.15, 0.2) is 54.7 Å².